The van der Waals surface area contributed by atoms with Crippen LogP contribution in [0.4, 0.5) is 0 Å². The highest BCUT2D eigenvalue weighted by atomic mass is 35.5. The van der Waals surface area contributed by atoms with Gasteiger partial charge in [0, 0.05) is 38.0 Å². The molecule has 6 heteroatoms. The van der Waals surface area contributed by atoms with Crippen molar-refractivity contribution in [1.29, 1.82) is 0 Å². The van der Waals surface area contributed by atoms with Gasteiger partial charge in [0.05, 0.1) is 12.2 Å². The van der Waals surface area contributed by atoms with E-state index >= 15 is 0 Å². The number of hydrogen-bond donors (Lipinski definition) is 2. The minimum Gasteiger partial charge on any atom is -0.392 e. The maximum absolute atomic E-state index is 12.2. The molecule has 0 aromatic carbocycles. The molecule has 0 bridgehead atoms. The van der Waals surface area contributed by atoms with Crippen molar-refractivity contribution in [2.24, 2.45) is 17.1 Å². The minimum atomic E-state index is -0.265. The van der Waals surface area contributed by atoms with Gasteiger partial charge in [-0.15, -0.1) is 12.4 Å². The molecule has 1 amide bonds. The Bertz CT molecular complexity index is 344. The normalized spacial score (nSPS) is 28.7. The third kappa shape index (κ3) is 3.70. The van der Waals surface area contributed by atoms with E-state index in [2.05, 4.69) is 0 Å². The zero-order chi connectivity index (χ0) is 14.8. The number of carbonyl (C=O) groups is 1. The van der Waals surface area contributed by atoms with Gasteiger partial charge >= 0.3 is 0 Å². The number of rotatable bonds is 5. The van der Waals surface area contributed by atoms with Gasteiger partial charge in [-0.2, -0.15) is 0 Å². The molecule has 1 aliphatic heterocycles. The van der Waals surface area contributed by atoms with E-state index in [1.807, 2.05) is 18.7 Å². The van der Waals surface area contributed by atoms with Gasteiger partial charge < -0.3 is 20.5 Å². The van der Waals surface area contributed by atoms with Crippen molar-refractivity contribution >= 4 is 18.3 Å². The maximum Gasteiger partial charge on any atom is 0.222 e. The Morgan fingerprint density at radius 1 is 1.48 bits per heavy atom. The van der Waals surface area contributed by atoms with Crippen LogP contribution in [0.2, 0.25) is 0 Å². The summed E-state index contributed by atoms with van der Waals surface area (Å²) in [5, 5.41) is 10.1. The summed E-state index contributed by atoms with van der Waals surface area (Å²) < 4.78 is 5.74. The Balaban J connectivity index is 0.00000220. The molecule has 2 aliphatic rings. The quantitative estimate of drug-likeness (QED) is 0.797. The molecule has 2 fully saturated rings. The van der Waals surface area contributed by atoms with Gasteiger partial charge in [0.1, 0.15) is 0 Å². The predicted octanol–water partition coefficient (Wildman–Crippen LogP) is 1.17. The molecule has 3 atom stereocenters. The van der Waals surface area contributed by atoms with Gasteiger partial charge in [0.25, 0.3) is 0 Å². The first-order valence-corrected chi connectivity index (χ1v) is 7.81. The lowest BCUT2D eigenvalue weighted by molar-refractivity contribution is -0.210. The van der Waals surface area contributed by atoms with Crippen molar-refractivity contribution in [1.82, 2.24) is 4.90 Å². The number of carbonyl (C=O) groups excluding carboxylic acids is 1. The van der Waals surface area contributed by atoms with E-state index in [1.165, 1.54) is 0 Å². The van der Waals surface area contributed by atoms with E-state index in [-0.39, 0.29) is 41.9 Å². The Hall–Kier alpha value is -0.360. The first-order valence-electron chi connectivity index (χ1n) is 7.81. The Kier molecular flexibility index (Phi) is 6.91. The zero-order valence-electron chi connectivity index (χ0n) is 13.1. The first-order chi connectivity index (χ1) is 9.53. The van der Waals surface area contributed by atoms with Gasteiger partial charge in [-0.1, -0.05) is 6.92 Å². The lowest BCUT2D eigenvalue weighted by Crippen LogP contribution is -2.62. The van der Waals surface area contributed by atoms with E-state index in [0.29, 0.717) is 19.6 Å². The number of halogens is 1. The SMILES string of the molecule is CCOC1CC(O)C12CCN(C(=O)CC(C)CN)CC2.Cl. The molecule has 0 aromatic rings. The Morgan fingerprint density at radius 3 is 2.57 bits per heavy atom. The van der Waals surface area contributed by atoms with Crippen molar-refractivity contribution in [2.75, 3.05) is 26.2 Å². The number of hydrogen-bond acceptors (Lipinski definition) is 4. The summed E-state index contributed by atoms with van der Waals surface area (Å²) >= 11 is 0. The number of nitrogens with two attached hydrogens (primary N) is 1. The fourth-order valence-corrected chi connectivity index (χ4v) is 3.50. The molecular formula is C15H29ClN2O3. The zero-order valence-corrected chi connectivity index (χ0v) is 13.9. The number of ether oxygens (including phenoxy) is 1. The van der Waals surface area contributed by atoms with Gasteiger partial charge in [0.15, 0.2) is 0 Å². The molecular weight excluding hydrogens is 292 g/mol. The average molecular weight is 321 g/mol. The van der Waals surface area contributed by atoms with Crippen molar-refractivity contribution in [3.05, 3.63) is 0 Å². The summed E-state index contributed by atoms with van der Waals surface area (Å²) in [5.41, 5.74) is 5.47. The summed E-state index contributed by atoms with van der Waals surface area (Å²) in [6, 6.07) is 0. The fourth-order valence-electron chi connectivity index (χ4n) is 3.50. The van der Waals surface area contributed by atoms with Gasteiger partial charge in [0.2, 0.25) is 5.91 Å². The fraction of sp³-hybridized carbons (Fsp3) is 0.933. The van der Waals surface area contributed by atoms with Gasteiger partial charge in [-0.3, -0.25) is 4.79 Å². The molecule has 2 rings (SSSR count). The standard InChI is InChI=1S/C15H28N2O3.ClH/c1-3-20-13-9-12(18)15(13)4-6-17(7-5-15)14(19)8-11(2)10-16;/h11-13,18H,3-10,16H2,1-2H3;1H. The summed E-state index contributed by atoms with van der Waals surface area (Å²) in [5.74, 6) is 0.434. The number of aliphatic hydroxyl groups excluding tert-OH is 1. The van der Waals surface area contributed by atoms with E-state index in [9.17, 15) is 9.90 Å². The first kappa shape index (κ1) is 18.7. The molecule has 1 saturated heterocycles. The molecule has 3 unspecified atom stereocenters. The molecule has 1 saturated carbocycles. The van der Waals surface area contributed by atoms with Crippen LogP contribution in [0.15, 0.2) is 0 Å². The topological polar surface area (TPSA) is 75.8 Å². The highest BCUT2D eigenvalue weighted by Crippen LogP contribution is 2.50. The number of aliphatic hydroxyl groups is 1. The molecule has 5 nitrogen and oxygen atoms in total. The van der Waals surface area contributed by atoms with Crippen molar-refractivity contribution in [2.45, 2.75) is 51.7 Å². The highest BCUT2D eigenvalue weighted by molar-refractivity contribution is 5.85. The Morgan fingerprint density at radius 2 is 2.10 bits per heavy atom. The van der Waals surface area contributed by atoms with E-state index in [4.69, 9.17) is 10.5 Å². The second-order valence-corrected chi connectivity index (χ2v) is 6.35. The number of piperidine rings is 1. The van der Waals surface area contributed by atoms with Crippen molar-refractivity contribution < 1.29 is 14.6 Å². The maximum atomic E-state index is 12.2. The predicted molar refractivity (Wildman–Crippen MR) is 84.4 cm³/mol. The molecule has 0 aromatic heterocycles. The lowest BCUT2D eigenvalue weighted by Gasteiger charge is -2.56. The van der Waals surface area contributed by atoms with Crippen LogP contribution in [-0.4, -0.2) is 54.4 Å². The number of nitrogens with zero attached hydrogens (tertiary/aromatic N) is 1. The molecule has 0 radical (unpaired) electrons. The molecule has 1 aliphatic carbocycles. The third-order valence-corrected chi connectivity index (χ3v) is 5.08. The molecule has 1 heterocycles. The van der Waals surface area contributed by atoms with Crippen molar-refractivity contribution in [3.8, 4) is 0 Å². The van der Waals surface area contributed by atoms with Crippen molar-refractivity contribution in [3.63, 3.8) is 0 Å². The molecule has 124 valence electrons. The number of amides is 1. The van der Waals surface area contributed by atoms with Crippen LogP contribution >= 0.6 is 12.4 Å². The second-order valence-electron chi connectivity index (χ2n) is 6.35. The summed E-state index contributed by atoms with van der Waals surface area (Å²) in [4.78, 5) is 14.1. The van der Waals surface area contributed by atoms with Crippen LogP contribution in [0.5, 0.6) is 0 Å². The summed E-state index contributed by atoms with van der Waals surface area (Å²) in [6.45, 7) is 6.70. The van der Waals surface area contributed by atoms with E-state index < -0.39 is 0 Å². The Labute approximate surface area is 133 Å². The molecule has 1 spiro atoms. The smallest absolute Gasteiger partial charge is 0.222 e. The average Bonchev–Trinajstić information content (AvgIpc) is 2.47. The summed E-state index contributed by atoms with van der Waals surface area (Å²) in [6.07, 6.45) is 2.87. The minimum absolute atomic E-state index is 0. The highest BCUT2D eigenvalue weighted by Gasteiger charge is 2.56. The van der Waals surface area contributed by atoms with Crippen LogP contribution in [-0.2, 0) is 9.53 Å². The second kappa shape index (κ2) is 7.77. The van der Waals surface area contributed by atoms with Crippen LogP contribution in [0.1, 0.15) is 39.5 Å². The molecule has 21 heavy (non-hydrogen) atoms. The monoisotopic (exact) mass is 320 g/mol. The van der Waals surface area contributed by atoms with Crippen LogP contribution in [0, 0.1) is 11.3 Å². The lowest BCUT2D eigenvalue weighted by atomic mass is 9.58. The summed E-state index contributed by atoms with van der Waals surface area (Å²) in [7, 11) is 0. The van der Waals surface area contributed by atoms with Gasteiger partial charge in [-0.25, -0.2) is 0 Å². The van der Waals surface area contributed by atoms with Crippen LogP contribution in [0.25, 0.3) is 0 Å². The molecule has 3 N–H and O–H groups in total. The van der Waals surface area contributed by atoms with Gasteiger partial charge in [-0.05, 0) is 32.2 Å². The van der Waals surface area contributed by atoms with E-state index in [1.54, 1.807) is 0 Å². The van der Waals surface area contributed by atoms with Crippen LogP contribution < -0.4 is 5.73 Å². The van der Waals surface area contributed by atoms with E-state index in [0.717, 1.165) is 32.4 Å². The largest absolute Gasteiger partial charge is 0.392 e. The van der Waals surface area contributed by atoms with Crippen LogP contribution in [0.3, 0.4) is 0 Å². The third-order valence-electron chi connectivity index (χ3n) is 5.08. The number of likely N-dealkylation sites (tertiary alicyclic amines) is 1.